The lowest BCUT2D eigenvalue weighted by molar-refractivity contribution is -0.385. The van der Waals surface area contributed by atoms with Gasteiger partial charge in [-0.05, 0) is 11.1 Å². The van der Waals surface area contributed by atoms with Crippen LogP contribution >= 0.6 is 0 Å². The number of esters is 1. The Morgan fingerprint density at radius 3 is 1.93 bits per heavy atom. The third kappa shape index (κ3) is 3.89. The van der Waals surface area contributed by atoms with Gasteiger partial charge in [-0.15, -0.1) is 0 Å². The van der Waals surface area contributed by atoms with Crippen LogP contribution in [0.3, 0.4) is 0 Å². The average molecular weight is 391 g/mol. The minimum atomic E-state index is -0.814. The number of fused-ring (bicyclic) bond motifs is 1. The van der Waals surface area contributed by atoms with E-state index in [1.807, 2.05) is 60.7 Å². The van der Waals surface area contributed by atoms with Gasteiger partial charge in [0.25, 0.3) is 5.69 Å². The van der Waals surface area contributed by atoms with Crippen molar-refractivity contribution in [2.75, 3.05) is 13.2 Å². The summed E-state index contributed by atoms with van der Waals surface area (Å²) < 4.78 is 16.6. The first-order chi connectivity index (χ1) is 14.1. The number of carbonyl (C=O) groups is 1. The molecule has 3 aromatic carbocycles. The molecule has 0 radical (unpaired) electrons. The smallest absolute Gasteiger partial charge is 0.346 e. The van der Waals surface area contributed by atoms with E-state index in [1.165, 1.54) is 12.1 Å². The predicted octanol–water partition coefficient (Wildman–Crippen LogP) is 4.31. The molecule has 7 nitrogen and oxygen atoms in total. The van der Waals surface area contributed by atoms with Gasteiger partial charge in [0.05, 0.1) is 11.0 Å². The summed E-state index contributed by atoms with van der Waals surface area (Å²) in [4.78, 5) is 23.9. The van der Waals surface area contributed by atoms with E-state index in [-0.39, 0.29) is 29.4 Å². The Hall–Kier alpha value is -3.87. The van der Waals surface area contributed by atoms with Gasteiger partial charge in [0, 0.05) is 6.07 Å². The van der Waals surface area contributed by atoms with Crippen molar-refractivity contribution in [2.24, 2.45) is 0 Å². The molecule has 7 heteroatoms. The molecule has 0 atom stereocenters. The molecule has 4 rings (SSSR count). The van der Waals surface area contributed by atoms with E-state index >= 15 is 0 Å². The van der Waals surface area contributed by atoms with E-state index in [9.17, 15) is 14.9 Å². The van der Waals surface area contributed by atoms with Crippen molar-refractivity contribution in [2.45, 2.75) is 6.10 Å². The molecule has 0 bridgehead atoms. The first-order valence-electron chi connectivity index (χ1n) is 9.02. The van der Waals surface area contributed by atoms with Crippen LogP contribution in [-0.4, -0.2) is 24.1 Å². The van der Waals surface area contributed by atoms with Crippen molar-refractivity contribution in [3.05, 3.63) is 99.6 Å². The van der Waals surface area contributed by atoms with E-state index in [0.29, 0.717) is 6.61 Å². The van der Waals surface area contributed by atoms with Gasteiger partial charge < -0.3 is 14.2 Å². The molecule has 146 valence electrons. The van der Waals surface area contributed by atoms with Crippen LogP contribution in [0.2, 0.25) is 0 Å². The third-order valence-corrected chi connectivity index (χ3v) is 4.51. The lowest BCUT2D eigenvalue weighted by Crippen LogP contribution is -2.18. The molecule has 0 spiro atoms. The highest BCUT2D eigenvalue weighted by atomic mass is 16.6. The number of hydrogen-bond donors (Lipinski definition) is 0. The van der Waals surface area contributed by atoms with Gasteiger partial charge in [-0.3, -0.25) is 10.1 Å². The fourth-order valence-corrected chi connectivity index (χ4v) is 3.15. The molecule has 29 heavy (non-hydrogen) atoms. The fraction of sp³-hybridized carbons (Fsp3) is 0.136. The topological polar surface area (TPSA) is 87.9 Å². The quantitative estimate of drug-likeness (QED) is 0.366. The number of rotatable bonds is 5. The van der Waals surface area contributed by atoms with Crippen LogP contribution in [-0.2, 0) is 4.74 Å². The van der Waals surface area contributed by atoms with Crippen LogP contribution in [0.25, 0.3) is 0 Å². The normalized spacial score (nSPS) is 12.4. The molecule has 0 N–H and O–H groups in total. The predicted molar refractivity (Wildman–Crippen MR) is 104 cm³/mol. The number of ether oxygens (including phenoxy) is 3. The number of nitro groups is 1. The largest absolute Gasteiger partial charge is 0.486 e. The van der Waals surface area contributed by atoms with Crippen molar-refractivity contribution in [3.63, 3.8) is 0 Å². The number of nitro benzene ring substituents is 1. The second-order valence-corrected chi connectivity index (χ2v) is 6.38. The SMILES string of the molecule is O=C(OC(c1ccccc1)c1ccccc1)c1cc2c(cc1[N+](=O)[O-])OCCO2. The highest BCUT2D eigenvalue weighted by Gasteiger charge is 2.29. The van der Waals surface area contributed by atoms with Crippen LogP contribution in [0, 0.1) is 10.1 Å². The maximum absolute atomic E-state index is 13.0. The summed E-state index contributed by atoms with van der Waals surface area (Å²) in [6.07, 6.45) is -0.710. The number of nitrogens with zero attached hydrogens (tertiary/aromatic N) is 1. The van der Waals surface area contributed by atoms with Crippen LogP contribution in [0.4, 0.5) is 5.69 Å². The second kappa shape index (κ2) is 8.02. The van der Waals surface area contributed by atoms with E-state index in [2.05, 4.69) is 0 Å². The van der Waals surface area contributed by atoms with E-state index in [1.54, 1.807) is 0 Å². The third-order valence-electron chi connectivity index (χ3n) is 4.51. The molecule has 0 saturated heterocycles. The Kier molecular flexibility index (Phi) is 5.11. The minimum Gasteiger partial charge on any atom is -0.486 e. The van der Waals surface area contributed by atoms with Gasteiger partial charge in [-0.25, -0.2) is 4.79 Å². The summed E-state index contributed by atoms with van der Waals surface area (Å²) in [5.41, 5.74) is 0.940. The second-order valence-electron chi connectivity index (χ2n) is 6.38. The highest BCUT2D eigenvalue weighted by molar-refractivity contribution is 5.95. The average Bonchev–Trinajstić information content (AvgIpc) is 2.77. The molecule has 0 amide bonds. The van der Waals surface area contributed by atoms with E-state index < -0.39 is 17.0 Å². The molecule has 0 saturated carbocycles. The zero-order valence-corrected chi connectivity index (χ0v) is 15.3. The van der Waals surface area contributed by atoms with Gasteiger partial charge >= 0.3 is 5.97 Å². The molecule has 0 aromatic heterocycles. The highest BCUT2D eigenvalue weighted by Crippen LogP contribution is 2.38. The summed E-state index contributed by atoms with van der Waals surface area (Å²) in [6.45, 7) is 0.591. The van der Waals surface area contributed by atoms with Gasteiger partial charge in [0.2, 0.25) is 0 Å². The Labute approximate surface area is 166 Å². The van der Waals surface area contributed by atoms with Gasteiger partial charge in [-0.2, -0.15) is 0 Å². The lowest BCUT2D eigenvalue weighted by Gasteiger charge is -2.21. The van der Waals surface area contributed by atoms with Crippen LogP contribution in [0.1, 0.15) is 27.6 Å². The first kappa shape index (κ1) is 18.5. The van der Waals surface area contributed by atoms with Crippen LogP contribution < -0.4 is 9.47 Å². The van der Waals surface area contributed by atoms with Crippen molar-refractivity contribution in [1.29, 1.82) is 0 Å². The molecule has 0 aliphatic carbocycles. The molecule has 0 fully saturated rings. The van der Waals surface area contributed by atoms with Crippen molar-refractivity contribution in [3.8, 4) is 11.5 Å². The van der Waals surface area contributed by atoms with E-state index in [0.717, 1.165) is 11.1 Å². The zero-order chi connectivity index (χ0) is 20.2. The molecular formula is C22H17NO6. The number of benzene rings is 3. The molecule has 0 unspecified atom stereocenters. The van der Waals surface area contributed by atoms with Gasteiger partial charge in [0.15, 0.2) is 17.6 Å². The van der Waals surface area contributed by atoms with Crippen molar-refractivity contribution in [1.82, 2.24) is 0 Å². The summed E-state index contributed by atoms with van der Waals surface area (Å²) in [6, 6.07) is 20.9. The van der Waals surface area contributed by atoms with Crippen molar-refractivity contribution >= 4 is 11.7 Å². The summed E-state index contributed by atoms with van der Waals surface area (Å²) >= 11 is 0. The zero-order valence-electron chi connectivity index (χ0n) is 15.3. The van der Waals surface area contributed by atoms with Gasteiger partial charge in [0.1, 0.15) is 18.8 Å². The maximum Gasteiger partial charge on any atom is 0.346 e. The molecule has 1 heterocycles. The van der Waals surface area contributed by atoms with Crippen molar-refractivity contribution < 1.29 is 23.9 Å². The van der Waals surface area contributed by atoms with E-state index in [4.69, 9.17) is 14.2 Å². The Bertz CT molecular complexity index is 996. The maximum atomic E-state index is 13.0. The molecular weight excluding hydrogens is 374 g/mol. The Balaban J connectivity index is 1.72. The molecule has 3 aromatic rings. The summed E-state index contributed by atoms with van der Waals surface area (Å²) in [5, 5.41) is 11.5. The fourth-order valence-electron chi connectivity index (χ4n) is 3.15. The molecule has 1 aliphatic heterocycles. The van der Waals surface area contributed by atoms with Crippen LogP contribution in [0.15, 0.2) is 72.8 Å². The number of hydrogen-bond acceptors (Lipinski definition) is 6. The Morgan fingerprint density at radius 1 is 0.897 bits per heavy atom. The summed E-state index contributed by atoms with van der Waals surface area (Å²) in [5.74, 6) is -0.293. The first-order valence-corrected chi connectivity index (χ1v) is 9.02. The van der Waals surface area contributed by atoms with Gasteiger partial charge in [-0.1, -0.05) is 60.7 Å². The molecule has 1 aliphatic rings. The lowest BCUT2D eigenvalue weighted by atomic mass is 10.0. The minimum absolute atomic E-state index is 0.184. The summed E-state index contributed by atoms with van der Waals surface area (Å²) in [7, 11) is 0. The number of carbonyl (C=O) groups excluding carboxylic acids is 1. The standard InChI is InChI=1S/C22H17NO6/c24-22(17-13-19-20(28-12-11-27-19)14-18(17)23(25)26)29-21(15-7-3-1-4-8-15)16-9-5-2-6-10-16/h1-10,13-14,21H,11-12H2. The monoisotopic (exact) mass is 391 g/mol. The van der Waals surface area contributed by atoms with Crippen LogP contribution in [0.5, 0.6) is 11.5 Å². The Morgan fingerprint density at radius 2 is 1.41 bits per heavy atom.